The van der Waals surface area contributed by atoms with Crippen molar-refractivity contribution in [2.75, 3.05) is 0 Å². The third-order valence-electron chi connectivity index (χ3n) is 3.92. The van der Waals surface area contributed by atoms with Crippen molar-refractivity contribution in [3.05, 3.63) is 52.2 Å². The van der Waals surface area contributed by atoms with Crippen LogP contribution in [0.3, 0.4) is 0 Å². The maximum absolute atomic E-state index is 13.2. The number of hydrogen-bond acceptors (Lipinski definition) is 1. The Bertz CT molecular complexity index is 751. The summed E-state index contributed by atoms with van der Waals surface area (Å²) < 4.78 is 42.3. The minimum Gasteiger partial charge on any atom is -0.293 e. The number of nitrogens with zero attached hydrogens (tertiary/aromatic N) is 2. The topological polar surface area (TPSA) is 26.9 Å². The Kier molecular flexibility index (Phi) is 3.42. The minimum atomic E-state index is -4.49. The van der Waals surface area contributed by atoms with E-state index in [2.05, 4.69) is 0 Å². The lowest BCUT2D eigenvalue weighted by molar-refractivity contribution is -0.137. The highest BCUT2D eigenvalue weighted by atomic mass is 19.4. The smallest absolute Gasteiger partial charge is 0.293 e. The van der Waals surface area contributed by atoms with Crippen LogP contribution in [0.4, 0.5) is 13.2 Å². The van der Waals surface area contributed by atoms with Crippen LogP contribution in [0.25, 0.3) is 5.69 Å². The van der Waals surface area contributed by atoms with E-state index in [4.69, 9.17) is 0 Å². The predicted octanol–water partition coefficient (Wildman–Crippen LogP) is 4.12. The summed E-state index contributed by atoms with van der Waals surface area (Å²) in [6.07, 6.45) is -1.12. The Balaban J connectivity index is 2.22. The molecule has 3 rings (SSSR count). The fraction of sp³-hybridized carbons (Fsp3) is 0.438. The maximum atomic E-state index is 13.2. The zero-order chi connectivity index (χ0) is 16.1. The number of imidazole rings is 1. The molecular formula is C16H17F3N2O. The van der Waals surface area contributed by atoms with Crippen LogP contribution in [0.15, 0.2) is 35.3 Å². The van der Waals surface area contributed by atoms with Crippen LogP contribution in [-0.4, -0.2) is 9.13 Å². The van der Waals surface area contributed by atoms with Gasteiger partial charge in [0.2, 0.25) is 0 Å². The van der Waals surface area contributed by atoms with Crippen molar-refractivity contribution >= 4 is 0 Å². The molecule has 1 aromatic heterocycles. The van der Waals surface area contributed by atoms with Crippen LogP contribution in [0, 0.1) is 0 Å². The molecule has 6 heteroatoms. The van der Waals surface area contributed by atoms with E-state index in [0.717, 1.165) is 29.2 Å². The summed E-state index contributed by atoms with van der Waals surface area (Å²) in [4.78, 5) is 12.6. The lowest BCUT2D eigenvalue weighted by Gasteiger charge is -2.12. The van der Waals surface area contributed by atoms with Crippen LogP contribution in [0.2, 0.25) is 0 Å². The Morgan fingerprint density at radius 1 is 1.18 bits per heavy atom. The third-order valence-corrected chi connectivity index (χ3v) is 3.92. The van der Waals surface area contributed by atoms with E-state index in [1.807, 2.05) is 13.8 Å². The molecule has 0 amide bonds. The normalized spacial score (nSPS) is 15.5. The quantitative estimate of drug-likeness (QED) is 0.838. The van der Waals surface area contributed by atoms with Crippen molar-refractivity contribution in [3.8, 4) is 5.69 Å². The van der Waals surface area contributed by atoms with Gasteiger partial charge in [-0.3, -0.25) is 9.13 Å². The van der Waals surface area contributed by atoms with Gasteiger partial charge in [0.05, 0.1) is 11.3 Å². The van der Waals surface area contributed by atoms with Crippen molar-refractivity contribution in [1.29, 1.82) is 0 Å². The highest BCUT2D eigenvalue weighted by molar-refractivity contribution is 5.43. The van der Waals surface area contributed by atoms with E-state index in [-0.39, 0.29) is 23.3 Å². The fourth-order valence-electron chi connectivity index (χ4n) is 2.70. The van der Waals surface area contributed by atoms with E-state index >= 15 is 0 Å². The first kappa shape index (κ1) is 14.9. The zero-order valence-corrected chi connectivity index (χ0v) is 12.4. The molecule has 0 bridgehead atoms. The molecular weight excluding hydrogens is 293 g/mol. The van der Waals surface area contributed by atoms with Gasteiger partial charge in [-0.25, -0.2) is 4.79 Å². The first-order valence-electron chi connectivity index (χ1n) is 7.31. The average Bonchev–Trinajstić information content (AvgIpc) is 3.21. The van der Waals surface area contributed by atoms with Gasteiger partial charge in [-0.05, 0) is 30.9 Å². The first-order valence-corrected chi connectivity index (χ1v) is 7.31. The number of rotatable bonds is 3. The summed E-state index contributed by atoms with van der Waals surface area (Å²) in [5.74, 6) is 0.0765. The largest absolute Gasteiger partial charge is 0.418 e. The number of aromatic nitrogens is 2. The summed E-state index contributed by atoms with van der Waals surface area (Å²) in [6.45, 7) is 3.88. The number of benzene rings is 1. The maximum Gasteiger partial charge on any atom is 0.418 e. The van der Waals surface area contributed by atoms with E-state index in [0.29, 0.717) is 0 Å². The molecule has 1 saturated carbocycles. The van der Waals surface area contributed by atoms with Gasteiger partial charge < -0.3 is 0 Å². The molecule has 0 aliphatic heterocycles. The van der Waals surface area contributed by atoms with Crippen LogP contribution in [0.1, 0.15) is 49.9 Å². The molecule has 0 radical (unpaired) electrons. The molecule has 118 valence electrons. The Hall–Kier alpha value is -1.98. The van der Waals surface area contributed by atoms with E-state index < -0.39 is 11.7 Å². The molecule has 1 heterocycles. The van der Waals surface area contributed by atoms with Gasteiger partial charge in [-0.2, -0.15) is 13.2 Å². The van der Waals surface area contributed by atoms with Crippen molar-refractivity contribution < 1.29 is 13.2 Å². The summed E-state index contributed by atoms with van der Waals surface area (Å²) in [7, 11) is 0. The van der Waals surface area contributed by atoms with E-state index in [9.17, 15) is 18.0 Å². The van der Waals surface area contributed by atoms with Crippen LogP contribution in [-0.2, 0) is 6.18 Å². The average molecular weight is 310 g/mol. The van der Waals surface area contributed by atoms with Gasteiger partial charge in [-0.1, -0.05) is 26.0 Å². The molecule has 0 unspecified atom stereocenters. The highest BCUT2D eigenvalue weighted by Crippen LogP contribution is 2.37. The number of hydrogen-bond donors (Lipinski definition) is 0. The SMILES string of the molecule is CC(C)c1cn(-c2ccccc2C(F)(F)F)c(=O)n1C1CC1. The summed E-state index contributed by atoms with van der Waals surface area (Å²) in [5, 5.41) is 0. The monoisotopic (exact) mass is 310 g/mol. The Labute approximate surface area is 126 Å². The zero-order valence-electron chi connectivity index (χ0n) is 12.4. The molecule has 0 saturated heterocycles. The van der Waals surface area contributed by atoms with Gasteiger partial charge in [0.1, 0.15) is 0 Å². The number of alkyl halides is 3. The minimum absolute atomic E-state index is 0.0765. The molecule has 1 aliphatic carbocycles. The summed E-state index contributed by atoms with van der Waals surface area (Å²) in [5.41, 5.74) is -0.506. The lowest BCUT2D eigenvalue weighted by Crippen LogP contribution is -2.25. The molecule has 22 heavy (non-hydrogen) atoms. The Morgan fingerprint density at radius 2 is 1.82 bits per heavy atom. The molecule has 1 aromatic carbocycles. The second kappa shape index (κ2) is 5.04. The molecule has 1 aliphatic rings. The van der Waals surface area contributed by atoms with Gasteiger partial charge in [0, 0.05) is 17.9 Å². The van der Waals surface area contributed by atoms with Gasteiger partial charge in [0.25, 0.3) is 0 Å². The Morgan fingerprint density at radius 3 is 2.36 bits per heavy atom. The lowest BCUT2D eigenvalue weighted by atomic mass is 10.1. The molecule has 0 atom stereocenters. The van der Waals surface area contributed by atoms with Crippen LogP contribution >= 0.6 is 0 Å². The van der Waals surface area contributed by atoms with Crippen molar-refractivity contribution in [3.63, 3.8) is 0 Å². The van der Waals surface area contributed by atoms with Crippen molar-refractivity contribution in [2.24, 2.45) is 0 Å². The molecule has 2 aromatic rings. The van der Waals surface area contributed by atoms with Crippen molar-refractivity contribution in [2.45, 2.75) is 44.8 Å². The number of para-hydroxylation sites is 1. The fourth-order valence-corrected chi connectivity index (χ4v) is 2.70. The van der Waals surface area contributed by atoms with Crippen molar-refractivity contribution in [1.82, 2.24) is 9.13 Å². The van der Waals surface area contributed by atoms with Gasteiger partial charge >= 0.3 is 11.9 Å². The van der Waals surface area contributed by atoms with E-state index in [1.54, 1.807) is 10.8 Å². The molecule has 0 spiro atoms. The number of halogens is 3. The van der Waals surface area contributed by atoms with Crippen LogP contribution in [0.5, 0.6) is 0 Å². The third kappa shape index (κ3) is 2.46. The van der Waals surface area contributed by atoms with E-state index in [1.165, 1.54) is 18.2 Å². The van der Waals surface area contributed by atoms with Gasteiger partial charge in [0.15, 0.2) is 0 Å². The summed E-state index contributed by atoms with van der Waals surface area (Å²) in [6, 6.07) is 5.32. The summed E-state index contributed by atoms with van der Waals surface area (Å²) >= 11 is 0. The van der Waals surface area contributed by atoms with Gasteiger partial charge in [-0.15, -0.1) is 0 Å². The second-order valence-electron chi connectivity index (χ2n) is 5.98. The first-order chi connectivity index (χ1) is 10.3. The highest BCUT2D eigenvalue weighted by Gasteiger charge is 2.35. The predicted molar refractivity (Wildman–Crippen MR) is 77.4 cm³/mol. The molecule has 1 fully saturated rings. The van der Waals surface area contributed by atoms with Crippen LogP contribution < -0.4 is 5.69 Å². The molecule has 3 nitrogen and oxygen atoms in total. The molecule has 0 N–H and O–H groups in total. The standard InChI is InChI=1S/C16H17F3N2O/c1-10(2)14-9-20(15(22)21(14)11-7-8-11)13-6-4-3-5-12(13)16(17,18)19/h3-6,9-11H,7-8H2,1-2H3. The second-order valence-corrected chi connectivity index (χ2v) is 5.98.